The van der Waals surface area contributed by atoms with E-state index in [2.05, 4.69) is 43.5 Å². The highest BCUT2D eigenvalue weighted by atomic mass is 28.4. The van der Waals surface area contributed by atoms with Crippen molar-refractivity contribution in [2.24, 2.45) is 0 Å². The van der Waals surface area contributed by atoms with Gasteiger partial charge in [-0.15, -0.1) is 0 Å². The van der Waals surface area contributed by atoms with Crippen LogP contribution in [0.1, 0.15) is 11.6 Å². The Hall–Kier alpha value is -0.916. The third kappa shape index (κ3) is 4.02. The molecule has 0 aliphatic heterocycles. The van der Waals surface area contributed by atoms with Crippen LogP contribution in [0.3, 0.4) is 0 Å². The molecule has 0 unspecified atom stereocenters. The van der Waals surface area contributed by atoms with Gasteiger partial charge < -0.3 is 9.34 Å². The number of rotatable bonds is 5. The molecule has 0 aliphatic rings. The second kappa shape index (κ2) is 5.60. The lowest BCUT2D eigenvalue weighted by Gasteiger charge is -2.47. The molecule has 0 saturated heterocycles. The van der Waals surface area contributed by atoms with Gasteiger partial charge in [0.2, 0.25) is 0 Å². The summed E-state index contributed by atoms with van der Waals surface area (Å²) >= 11 is 0. The van der Waals surface area contributed by atoms with E-state index in [1.165, 1.54) is 0 Å². The van der Waals surface area contributed by atoms with Gasteiger partial charge in [0, 0.05) is 0 Å². The van der Waals surface area contributed by atoms with E-state index in [0.29, 0.717) is 0 Å². The van der Waals surface area contributed by atoms with Gasteiger partial charge in [-0.3, -0.25) is 4.79 Å². The lowest BCUT2D eigenvalue weighted by atomic mass is 10.1. The smallest absolute Gasteiger partial charge is 0.324 e. The highest BCUT2D eigenvalue weighted by Crippen LogP contribution is 2.32. The summed E-state index contributed by atoms with van der Waals surface area (Å²) in [5, 5.41) is 9.73. The molecule has 19 heavy (non-hydrogen) atoms. The van der Waals surface area contributed by atoms with Crippen LogP contribution in [0.5, 0.6) is 0 Å². The summed E-state index contributed by atoms with van der Waals surface area (Å²) in [6, 6.07) is 9.09. The first kappa shape index (κ1) is 16.1. The Balaban J connectivity index is 3.34. The summed E-state index contributed by atoms with van der Waals surface area (Å²) in [6.45, 7) is 13.4. The van der Waals surface area contributed by atoms with Crippen LogP contribution in [0.4, 0.5) is 0 Å². The number of hydrogen-bond acceptors (Lipinski definition) is 2. The number of hydrogen-bond donors (Lipinski definition) is 1. The third-order valence-corrected chi connectivity index (χ3v) is 10.5. The topological polar surface area (TPSA) is 40.5 Å². The van der Waals surface area contributed by atoms with Crippen molar-refractivity contribution in [1.82, 2.24) is 4.23 Å². The molecule has 1 N–H and O–H groups in total. The minimum Gasteiger partial charge on any atom is -0.480 e. The summed E-state index contributed by atoms with van der Waals surface area (Å²) in [4.78, 5) is 11.8. The molecule has 5 heteroatoms. The van der Waals surface area contributed by atoms with Crippen LogP contribution in [0.25, 0.3) is 0 Å². The molecule has 0 radical (unpaired) electrons. The van der Waals surface area contributed by atoms with Crippen LogP contribution in [0.2, 0.25) is 39.3 Å². The summed E-state index contributed by atoms with van der Waals surface area (Å²) in [6.07, 6.45) is 0. The Kier molecular flexibility index (Phi) is 4.76. The van der Waals surface area contributed by atoms with E-state index >= 15 is 0 Å². The lowest BCUT2D eigenvalue weighted by Crippen LogP contribution is -2.61. The maximum atomic E-state index is 11.8. The van der Waals surface area contributed by atoms with Crippen molar-refractivity contribution >= 4 is 22.4 Å². The van der Waals surface area contributed by atoms with Crippen molar-refractivity contribution in [3.05, 3.63) is 35.9 Å². The molecule has 0 aromatic heterocycles. The predicted octanol–water partition coefficient (Wildman–Crippen LogP) is 3.78. The molecular formula is C14H25NO2Si2. The van der Waals surface area contributed by atoms with Crippen molar-refractivity contribution in [3.8, 4) is 0 Å². The van der Waals surface area contributed by atoms with Gasteiger partial charge in [0.1, 0.15) is 22.5 Å². The summed E-state index contributed by atoms with van der Waals surface area (Å²) in [5.74, 6) is -0.740. The van der Waals surface area contributed by atoms with Gasteiger partial charge in [-0.1, -0.05) is 69.6 Å². The minimum atomic E-state index is -1.72. The molecule has 0 aliphatic carbocycles. The Labute approximate surface area is 118 Å². The minimum absolute atomic E-state index is 0.514. The van der Waals surface area contributed by atoms with Crippen molar-refractivity contribution < 1.29 is 9.90 Å². The standard InChI is InChI=1S/C14H25NO2Si2/c1-18(2,3)15(19(4,5)6)13(14(16)17)12-10-8-7-9-11-12/h7-11,13H,1-6H3,(H,16,17)/t13-/m0/s1. The van der Waals surface area contributed by atoms with E-state index in [1.54, 1.807) is 0 Å². The van der Waals surface area contributed by atoms with Gasteiger partial charge in [0.15, 0.2) is 0 Å². The highest BCUT2D eigenvalue weighted by molar-refractivity contribution is 6.89. The first-order valence-corrected chi connectivity index (χ1v) is 13.5. The monoisotopic (exact) mass is 295 g/mol. The molecule has 106 valence electrons. The Morgan fingerprint density at radius 3 is 1.74 bits per heavy atom. The van der Waals surface area contributed by atoms with Crippen LogP contribution >= 0.6 is 0 Å². The molecule has 1 aromatic carbocycles. The largest absolute Gasteiger partial charge is 0.480 e. The number of nitrogens with zero attached hydrogens (tertiary/aromatic N) is 1. The number of carboxylic acid groups (broad SMARTS) is 1. The van der Waals surface area contributed by atoms with E-state index in [9.17, 15) is 9.90 Å². The van der Waals surface area contributed by atoms with Crippen LogP contribution in [-0.4, -0.2) is 31.8 Å². The molecule has 1 rings (SSSR count). The first-order valence-electron chi connectivity index (χ1n) is 6.62. The third-order valence-electron chi connectivity index (χ3n) is 3.05. The van der Waals surface area contributed by atoms with Crippen LogP contribution in [0, 0.1) is 0 Å². The molecule has 1 atom stereocenters. The molecule has 0 heterocycles. The zero-order valence-electron chi connectivity index (χ0n) is 12.8. The lowest BCUT2D eigenvalue weighted by molar-refractivity contribution is -0.140. The van der Waals surface area contributed by atoms with Gasteiger partial charge in [-0.2, -0.15) is 0 Å². The van der Waals surface area contributed by atoms with Gasteiger partial charge in [-0.25, -0.2) is 0 Å². The maximum absolute atomic E-state index is 11.8. The number of benzene rings is 1. The molecule has 0 saturated carbocycles. The highest BCUT2D eigenvalue weighted by Gasteiger charge is 2.42. The number of carboxylic acids is 1. The molecular weight excluding hydrogens is 270 g/mol. The second-order valence-electron chi connectivity index (χ2n) is 6.86. The van der Waals surface area contributed by atoms with Crippen LogP contribution < -0.4 is 0 Å². The maximum Gasteiger partial charge on any atom is 0.324 e. The molecule has 0 spiro atoms. The van der Waals surface area contributed by atoms with E-state index in [-0.39, 0.29) is 0 Å². The molecule has 1 aromatic rings. The fraction of sp³-hybridized carbons (Fsp3) is 0.500. The average molecular weight is 296 g/mol. The van der Waals surface area contributed by atoms with Gasteiger partial charge in [0.25, 0.3) is 0 Å². The van der Waals surface area contributed by atoms with E-state index in [0.717, 1.165) is 5.56 Å². The zero-order valence-corrected chi connectivity index (χ0v) is 14.8. The summed E-state index contributed by atoms with van der Waals surface area (Å²) in [7, 11) is -3.43. The van der Waals surface area contributed by atoms with Crippen molar-refractivity contribution in [2.75, 3.05) is 0 Å². The molecule has 0 bridgehead atoms. The Bertz CT molecular complexity index is 421. The summed E-state index contributed by atoms with van der Waals surface area (Å²) in [5.41, 5.74) is 0.889. The Morgan fingerprint density at radius 2 is 1.42 bits per heavy atom. The summed E-state index contributed by atoms with van der Waals surface area (Å²) < 4.78 is 2.33. The van der Waals surface area contributed by atoms with Crippen molar-refractivity contribution in [2.45, 2.75) is 45.3 Å². The van der Waals surface area contributed by atoms with Crippen molar-refractivity contribution in [3.63, 3.8) is 0 Å². The predicted molar refractivity (Wildman–Crippen MR) is 85.3 cm³/mol. The fourth-order valence-electron chi connectivity index (χ4n) is 2.82. The SMILES string of the molecule is C[Si](C)(C)N([C@H](C(=O)O)c1ccccc1)[Si](C)(C)C. The molecule has 0 fully saturated rings. The average Bonchev–Trinajstić information content (AvgIpc) is 2.23. The van der Waals surface area contributed by atoms with Gasteiger partial charge in [-0.05, 0) is 5.56 Å². The number of aliphatic carboxylic acids is 1. The number of carbonyl (C=O) groups is 1. The Morgan fingerprint density at radius 1 is 1.00 bits per heavy atom. The normalized spacial score (nSPS) is 14.5. The van der Waals surface area contributed by atoms with E-state index in [1.807, 2.05) is 30.3 Å². The van der Waals surface area contributed by atoms with Crippen molar-refractivity contribution in [1.29, 1.82) is 0 Å². The second-order valence-corrected chi connectivity index (χ2v) is 17.0. The van der Waals surface area contributed by atoms with Gasteiger partial charge >= 0.3 is 5.97 Å². The fourth-order valence-corrected chi connectivity index (χ4v) is 12.9. The van der Waals surface area contributed by atoms with Crippen LogP contribution in [0.15, 0.2) is 30.3 Å². The van der Waals surface area contributed by atoms with Gasteiger partial charge in [0.05, 0.1) is 0 Å². The molecule has 0 amide bonds. The molecule has 3 nitrogen and oxygen atoms in total. The quantitative estimate of drug-likeness (QED) is 0.840. The first-order chi connectivity index (χ1) is 8.55. The van der Waals surface area contributed by atoms with E-state index < -0.39 is 28.5 Å². The zero-order chi connectivity index (χ0) is 14.8. The van der Waals surface area contributed by atoms with E-state index in [4.69, 9.17) is 0 Å². The van der Waals surface area contributed by atoms with Crippen LogP contribution in [-0.2, 0) is 4.79 Å².